The summed E-state index contributed by atoms with van der Waals surface area (Å²) < 4.78 is 37.2. The third kappa shape index (κ3) is 5.77. The van der Waals surface area contributed by atoms with Gasteiger partial charge in [-0.25, -0.2) is 13.6 Å². The maximum absolute atomic E-state index is 13.5. The Kier molecular flexibility index (Phi) is 6.50. The molecule has 0 radical (unpaired) electrons. The molecule has 1 N–H and O–H groups in total. The fourth-order valence-electron chi connectivity index (χ4n) is 2.33. The lowest BCUT2D eigenvalue weighted by Crippen LogP contribution is -2.25. The lowest BCUT2D eigenvalue weighted by Gasteiger charge is -2.22. The van der Waals surface area contributed by atoms with E-state index in [0.29, 0.717) is 5.75 Å². The summed E-state index contributed by atoms with van der Waals surface area (Å²) in [4.78, 5) is 23.5. The van der Waals surface area contributed by atoms with Crippen molar-refractivity contribution >= 4 is 17.6 Å². The van der Waals surface area contributed by atoms with Gasteiger partial charge in [0, 0.05) is 0 Å². The van der Waals surface area contributed by atoms with E-state index in [4.69, 9.17) is 9.47 Å². The third-order valence-corrected chi connectivity index (χ3v) is 3.63. The Morgan fingerprint density at radius 3 is 2.22 bits per heavy atom. The number of benzene rings is 2. The van der Waals surface area contributed by atoms with E-state index < -0.39 is 42.4 Å². The zero-order chi connectivity index (χ0) is 20.0. The number of esters is 1. The molecule has 27 heavy (non-hydrogen) atoms. The first-order valence-electron chi connectivity index (χ1n) is 8.30. The molecule has 0 aliphatic heterocycles. The Morgan fingerprint density at radius 1 is 0.963 bits per heavy atom. The lowest BCUT2D eigenvalue weighted by molar-refractivity contribution is -0.149. The Hall–Kier alpha value is -2.96. The van der Waals surface area contributed by atoms with E-state index >= 15 is 0 Å². The molecule has 0 heterocycles. The summed E-state index contributed by atoms with van der Waals surface area (Å²) in [5.74, 6) is -2.93. The standard InChI is InChI=1S/C20H21F2NO4/c1-20(2,3)13-7-4-5-10-16(13)26-12-18(25)27-11-17(24)23-19-14(21)8-6-9-15(19)22/h4-10H,11-12H2,1-3H3,(H,23,24). The normalized spacial score (nSPS) is 11.0. The number of nitrogens with one attached hydrogen (secondary N) is 1. The van der Waals surface area contributed by atoms with Gasteiger partial charge >= 0.3 is 5.97 Å². The van der Waals surface area contributed by atoms with E-state index in [-0.39, 0.29) is 5.41 Å². The second-order valence-electron chi connectivity index (χ2n) is 6.84. The maximum atomic E-state index is 13.5. The molecule has 0 fully saturated rings. The number of rotatable bonds is 6. The van der Waals surface area contributed by atoms with Crippen LogP contribution in [0.4, 0.5) is 14.5 Å². The molecule has 0 atom stereocenters. The summed E-state index contributed by atoms with van der Waals surface area (Å²) >= 11 is 0. The number of anilines is 1. The van der Waals surface area contributed by atoms with Gasteiger partial charge in [-0.05, 0) is 29.2 Å². The van der Waals surface area contributed by atoms with E-state index in [1.54, 1.807) is 12.1 Å². The molecule has 7 heteroatoms. The zero-order valence-electron chi connectivity index (χ0n) is 15.3. The van der Waals surface area contributed by atoms with Gasteiger partial charge in [-0.2, -0.15) is 0 Å². The predicted octanol–water partition coefficient (Wildman–Crippen LogP) is 3.82. The van der Waals surface area contributed by atoms with Crippen molar-refractivity contribution < 1.29 is 27.8 Å². The summed E-state index contributed by atoms with van der Waals surface area (Å²) in [7, 11) is 0. The van der Waals surface area contributed by atoms with Crippen LogP contribution < -0.4 is 10.1 Å². The van der Waals surface area contributed by atoms with Crippen molar-refractivity contribution in [3.8, 4) is 5.75 Å². The van der Waals surface area contributed by atoms with Gasteiger partial charge in [0.1, 0.15) is 23.1 Å². The minimum Gasteiger partial charge on any atom is -0.482 e. The molecule has 2 aromatic carbocycles. The molecule has 0 unspecified atom stereocenters. The highest BCUT2D eigenvalue weighted by molar-refractivity contribution is 5.93. The second-order valence-corrected chi connectivity index (χ2v) is 6.84. The van der Waals surface area contributed by atoms with Crippen LogP contribution in [0.2, 0.25) is 0 Å². The predicted molar refractivity (Wildman–Crippen MR) is 96.6 cm³/mol. The highest BCUT2D eigenvalue weighted by Crippen LogP contribution is 2.30. The average molecular weight is 377 g/mol. The van der Waals surface area contributed by atoms with Crippen molar-refractivity contribution in [3.63, 3.8) is 0 Å². The zero-order valence-corrected chi connectivity index (χ0v) is 15.3. The van der Waals surface area contributed by atoms with Gasteiger partial charge in [-0.1, -0.05) is 45.0 Å². The Labute approximate surface area is 156 Å². The topological polar surface area (TPSA) is 64.6 Å². The third-order valence-electron chi connectivity index (χ3n) is 3.63. The molecular weight excluding hydrogens is 356 g/mol. The van der Waals surface area contributed by atoms with Crippen LogP contribution in [0.5, 0.6) is 5.75 Å². The van der Waals surface area contributed by atoms with Crippen LogP contribution in [0, 0.1) is 11.6 Å². The number of amides is 1. The monoisotopic (exact) mass is 377 g/mol. The van der Waals surface area contributed by atoms with E-state index in [1.165, 1.54) is 6.07 Å². The molecular formula is C20H21F2NO4. The van der Waals surface area contributed by atoms with Crippen molar-refractivity contribution in [1.29, 1.82) is 0 Å². The molecule has 0 saturated heterocycles. The van der Waals surface area contributed by atoms with Gasteiger partial charge in [0.25, 0.3) is 5.91 Å². The van der Waals surface area contributed by atoms with Crippen LogP contribution in [0.1, 0.15) is 26.3 Å². The van der Waals surface area contributed by atoms with E-state index in [1.807, 2.05) is 38.2 Å². The number of ether oxygens (including phenoxy) is 2. The molecule has 144 valence electrons. The van der Waals surface area contributed by atoms with Gasteiger partial charge in [-0.3, -0.25) is 4.79 Å². The highest BCUT2D eigenvalue weighted by Gasteiger charge is 2.19. The average Bonchev–Trinajstić information content (AvgIpc) is 2.61. The molecule has 0 spiro atoms. The molecule has 2 aromatic rings. The Morgan fingerprint density at radius 2 is 1.59 bits per heavy atom. The van der Waals surface area contributed by atoms with Crippen LogP contribution in [-0.2, 0) is 19.7 Å². The number of hydrogen-bond donors (Lipinski definition) is 1. The first kappa shape index (κ1) is 20.4. The summed E-state index contributed by atoms with van der Waals surface area (Å²) in [5.41, 5.74) is 0.156. The summed E-state index contributed by atoms with van der Waals surface area (Å²) in [6.07, 6.45) is 0. The van der Waals surface area contributed by atoms with Crippen LogP contribution >= 0.6 is 0 Å². The minimum atomic E-state index is -0.920. The van der Waals surface area contributed by atoms with Crippen molar-refractivity contribution in [2.75, 3.05) is 18.5 Å². The molecule has 2 rings (SSSR count). The van der Waals surface area contributed by atoms with Gasteiger partial charge in [0.15, 0.2) is 13.2 Å². The van der Waals surface area contributed by atoms with E-state index in [0.717, 1.165) is 17.7 Å². The molecule has 5 nitrogen and oxygen atoms in total. The fraction of sp³-hybridized carbons (Fsp3) is 0.300. The van der Waals surface area contributed by atoms with Crippen LogP contribution in [0.25, 0.3) is 0 Å². The highest BCUT2D eigenvalue weighted by atomic mass is 19.1. The van der Waals surface area contributed by atoms with Crippen molar-refractivity contribution in [2.24, 2.45) is 0 Å². The summed E-state index contributed by atoms with van der Waals surface area (Å²) in [6.45, 7) is 4.96. The number of carbonyl (C=O) groups is 2. The molecule has 0 bridgehead atoms. The van der Waals surface area contributed by atoms with Gasteiger partial charge in [-0.15, -0.1) is 0 Å². The van der Waals surface area contributed by atoms with Crippen LogP contribution in [0.15, 0.2) is 42.5 Å². The Balaban J connectivity index is 1.86. The van der Waals surface area contributed by atoms with Crippen molar-refractivity contribution in [3.05, 3.63) is 59.7 Å². The first-order valence-corrected chi connectivity index (χ1v) is 8.30. The molecule has 0 aromatic heterocycles. The summed E-state index contributed by atoms with van der Waals surface area (Å²) in [6, 6.07) is 10.5. The first-order chi connectivity index (χ1) is 12.7. The SMILES string of the molecule is CC(C)(C)c1ccccc1OCC(=O)OCC(=O)Nc1c(F)cccc1F. The minimum absolute atomic E-state index is 0.176. The number of hydrogen-bond acceptors (Lipinski definition) is 4. The smallest absolute Gasteiger partial charge is 0.344 e. The van der Waals surface area contributed by atoms with Gasteiger partial charge in [0.2, 0.25) is 0 Å². The Bertz CT molecular complexity index is 811. The quantitative estimate of drug-likeness (QED) is 0.778. The second kappa shape index (κ2) is 8.62. The number of para-hydroxylation sites is 2. The molecule has 0 aliphatic carbocycles. The fourth-order valence-corrected chi connectivity index (χ4v) is 2.33. The number of halogens is 2. The molecule has 1 amide bonds. The van der Waals surface area contributed by atoms with Crippen LogP contribution in [-0.4, -0.2) is 25.1 Å². The van der Waals surface area contributed by atoms with Gasteiger partial charge in [0.05, 0.1) is 0 Å². The van der Waals surface area contributed by atoms with Crippen LogP contribution in [0.3, 0.4) is 0 Å². The van der Waals surface area contributed by atoms with Crippen molar-refractivity contribution in [2.45, 2.75) is 26.2 Å². The molecule has 0 saturated carbocycles. The largest absolute Gasteiger partial charge is 0.482 e. The van der Waals surface area contributed by atoms with E-state index in [2.05, 4.69) is 0 Å². The molecule has 0 aliphatic rings. The lowest BCUT2D eigenvalue weighted by atomic mass is 9.86. The summed E-state index contributed by atoms with van der Waals surface area (Å²) in [5, 5.41) is 2.03. The van der Waals surface area contributed by atoms with E-state index in [9.17, 15) is 18.4 Å². The van der Waals surface area contributed by atoms with Crippen molar-refractivity contribution in [1.82, 2.24) is 0 Å². The number of carbonyl (C=O) groups excluding carboxylic acids is 2. The van der Waals surface area contributed by atoms with Gasteiger partial charge < -0.3 is 14.8 Å². The maximum Gasteiger partial charge on any atom is 0.344 e.